The molecular formula is C21H24N2O5. The molecule has 1 saturated heterocycles. The summed E-state index contributed by atoms with van der Waals surface area (Å²) >= 11 is 0. The molecule has 0 aromatic heterocycles. The van der Waals surface area contributed by atoms with Crippen molar-refractivity contribution < 1.29 is 24.5 Å². The van der Waals surface area contributed by atoms with Gasteiger partial charge in [0.1, 0.15) is 17.2 Å². The molecule has 28 heavy (non-hydrogen) atoms. The molecule has 7 heteroatoms. The molecule has 1 fully saturated rings. The topological polar surface area (TPSA) is 90.3 Å². The number of carbonyl (C=O) groups excluding carboxylic acids is 2. The molecule has 2 aromatic rings. The van der Waals surface area contributed by atoms with Crippen LogP contribution >= 0.6 is 0 Å². The fourth-order valence-corrected chi connectivity index (χ4v) is 3.27. The first-order valence-corrected chi connectivity index (χ1v) is 9.32. The van der Waals surface area contributed by atoms with Crippen molar-refractivity contribution in [2.75, 3.05) is 32.8 Å². The van der Waals surface area contributed by atoms with E-state index in [1.54, 1.807) is 34.1 Å². The summed E-state index contributed by atoms with van der Waals surface area (Å²) in [7, 11) is 0. The zero-order valence-electron chi connectivity index (χ0n) is 15.8. The summed E-state index contributed by atoms with van der Waals surface area (Å²) < 4.78 is 5.40. The number of nitrogens with zero attached hydrogens (tertiary/aromatic N) is 2. The lowest BCUT2D eigenvalue weighted by Crippen LogP contribution is -2.37. The van der Waals surface area contributed by atoms with Crippen LogP contribution in [0.25, 0.3) is 0 Å². The Bertz CT molecular complexity index is 830. The number of ether oxygens (including phenoxy) is 1. The zero-order chi connectivity index (χ0) is 20.1. The average molecular weight is 384 g/mol. The Labute approximate surface area is 163 Å². The van der Waals surface area contributed by atoms with Crippen LogP contribution in [0.5, 0.6) is 17.2 Å². The normalized spacial score (nSPS) is 14.5. The van der Waals surface area contributed by atoms with Crippen LogP contribution in [0.2, 0.25) is 0 Å². The lowest BCUT2D eigenvalue weighted by molar-refractivity contribution is 0.0718. The van der Waals surface area contributed by atoms with Crippen molar-refractivity contribution in [3.63, 3.8) is 0 Å². The highest BCUT2D eigenvalue weighted by atomic mass is 16.5. The molecule has 1 aliphatic heterocycles. The van der Waals surface area contributed by atoms with Crippen LogP contribution in [0.3, 0.4) is 0 Å². The van der Waals surface area contributed by atoms with Gasteiger partial charge < -0.3 is 24.7 Å². The first-order valence-electron chi connectivity index (χ1n) is 9.32. The van der Waals surface area contributed by atoms with E-state index in [0.29, 0.717) is 44.8 Å². The van der Waals surface area contributed by atoms with Gasteiger partial charge in [0.05, 0.1) is 6.61 Å². The summed E-state index contributed by atoms with van der Waals surface area (Å²) in [5.41, 5.74) is 0.810. The standard InChI is InChI=1S/C21H24N2O5/c1-2-28-19-6-4-15(5-7-19)20(26)22-8-3-9-23(11-10-22)21(27)16-12-17(24)14-18(25)13-16/h4-7,12-14,24-25H,2-3,8-11H2,1H3. The first kappa shape index (κ1) is 19.5. The summed E-state index contributed by atoms with van der Waals surface area (Å²) in [6.07, 6.45) is 0.652. The number of benzene rings is 2. The maximum Gasteiger partial charge on any atom is 0.254 e. The fraction of sp³-hybridized carbons (Fsp3) is 0.333. The van der Waals surface area contributed by atoms with Gasteiger partial charge in [0.2, 0.25) is 0 Å². The van der Waals surface area contributed by atoms with Crippen LogP contribution in [-0.2, 0) is 0 Å². The van der Waals surface area contributed by atoms with Crippen LogP contribution in [0.15, 0.2) is 42.5 Å². The molecule has 2 aromatic carbocycles. The van der Waals surface area contributed by atoms with E-state index in [-0.39, 0.29) is 28.9 Å². The number of amides is 2. The SMILES string of the molecule is CCOc1ccc(C(=O)N2CCCN(C(=O)c3cc(O)cc(O)c3)CC2)cc1. The van der Waals surface area contributed by atoms with Crippen LogP contribution in [0.4, 0.5) is 0 Å². The van der Waals surface area contributed by atoms with Gasteiger partial charge in [-0.05, 0) is 49.7 Å². The van der Waals surface area contributed by atoms with E-state index in [0.717, 1.165) is 5.75 Å². The van der Waals surface area contributed by atoms with Gasteiger partial charge in [0.15, 0.2) is 0 Å². The molecular weight excluding hydrogens is 360 g/mol. The highest BCUT2D eigenvalue weighted by Crippen LogP contribution is 2.22. The maximum absolute atomic E-state index is 12.8. The predicted octanol–water partition coefficient (Wildman–Crippen LogP) is 2.48. The number of hydrogen-bond donors (Lipinski definition) is 2. The Morgan fingerprint density at radius 1 is 0.857 bits per heavy atom. The third-order valence-corrected chi connectivity index (χ3v) is 4.63. The van der Waals surface area contributed by atoms with E-state index >= 15 is 0 Å². The minimum Gasteiger partial charge on any atom is -0.508 e. The molecule has 0 radical (unpaired) electrons. The molecule has 2 amide bonds. The smallest absolute Gasteiger partial charge is 0.254 e. The summed E-state index contributed by atoms with van der Waals surface area (Å²) in [5, 5.41) is 19.2. The van der Waals surface area contributed by atoms with E-state index in [9.17, 15) is 19.8 Å². The van der Waals surface area contributed by atoms with Crippen LogP contribution < -0.4 is 4.74 Å². The Hall–Kier alpha value is -3.22. The van der Waals surface area contributed by atoms with Gasteiger partial charge in [-0.25, -0.2) is 0 Å². The van der Waals surface area contributed by atoms with Gasteiger partial charge in [-0.2, -0.15) is 0 Å². The van der Waals surface area contributed by atoms with Crippen LogP contribution in [0, 0.1) is 0 Å². The van der Waals surface area contributed by atoms with Crippen molar-refractivity contribution in [1.82, 2.24) is 9.80 Å². The molecule has 3 rings (SSSR count). The second-order valence-electron chi connectivity index (χ2n) is 6.63. The van der Waals surface area contributed by atoms with Gasteiger partial charge >= 0.3 is 0 Å². The second kappa shape index (κ2) is 8.65. The van der Waals surface area contributed by atoms with E-state index in [1.807, 2.05) is 6.92 Å². The molecule has 148 valence electrons. The molecule has 0 bridgehead atoms. The predicted molar refractivity (Wildman–Crippen MR) is 104 cm³/mol. The average Bonchev–Trinajstić information content (AvgIpc) is 2.93. The molecule has 7 nitrogen and oxygen atoms in total. The molecule has 1 aliphatic rings. The number of rotatable bonds is 4. The number of phenols is 2. The third-order valence-electron chi connectivity index (χ3n) is 4.63. The lowest BCUT2D eigenvalue weighted by atomic mass is 10.1. The summed E-state index contributed by atoms with van der Waals surface area (Å²) in [4.78, 5) is 28.8. The van der Waals surface area contributed by atoms with Gasteiger partial charge in [-0.15, -0.1) is 0 Å². The summed E-state index contributed by atoms with van der Waals surface area (Å²) in [6, 6.07) is 10.9. The second-order valence-corrected chi connectivity index (χ2v) is 6.63. The van der Waals surface area contributed by atoms with Crippen LogP contribution in [0.1, 0.15) is 34.1 Å². The quantitative estimate of drug-likeness (QED) is 0.845. The number of aromatic hydroxyl groups is 2. The fourth-order valence-electron chi connectivity index (χ4n) is 3.27. The van der Waals surface area contributed by atoms with E-state index in [4.69, 9.17) is 4.74 Å². The number of hydrogen-bond acceptors (Lipinski definition) is 5. The Morgan fingerprint density at radius 3 is 1.93 bits per heavy atom. The van der Waals surface area contributed by atoms with Crippen molar-refractivity contribution in [2.45, 2.75) is 13.3 Å². The van der Waals surface area contributed by atoms with Gasteiger partial charge in [-0.3, -0.25) is 9.59 Å². The van der Waals surface area contributed by atoms with Crippen molar-refractivity contribution in [3.05, 3.63) is 53.6 Å². The highest BCUT2D eigenvalue weighted by molar-refractivity contribution is 5.96. The van der Waals surface area contributed by atoms with Gasteiger partial charge in [0, 0.05) is 43.4 Å². The minimum absolute atomic E-state index is 0.0765. The van der Waals surface area contributed by atoms with E-state index in [2.05, 4.69) is 0 Å². The summed E-state index contributed by atoms with van der Waals surface area (Å²) in [5.74, 6) is 0.0471. The Balaban J connectivity index is 1.65. The molecule has 0 spiro atoms. The molecule has 1 heterocycles. The summed E-state index contributed by atoms with van der Waals surface area (Å²) in [6.45, 7) is 4.34. The van der Waals surface area contributed by atoms with E-state index < -0.39 is 0 Å². The van der Waals surface area contributed by atoms with Crippen LogP contribution in [-0.4, -0.2) is 64.6 Å². The third kappa shape index (κ3) is 4.54. The first-order chi connectivity index (χ1) is 13.5. The molecule has 0 aliphatic carbocycles. The van der Waals surface area contributed by atoms with Crippen molar-refractivity contribution in [1.29, 1.82) is 0 Å². The molecule has 2 N–H and O–H groups in total. The Kier molecular flexibility index (Phi) is 6.03. The Morgan fingerprint density at radius 2 is 1.39 bits per heavy atom. The molecule has 0 atom stereocenters. The van der Waals surface area contributed by atoms with E-state index in [1.165, 1.54) is 18.2 Å². The maximum atomic E-state index is 12.8. The highest BCUT2D eigenvalue weighted by Gasteiger charge is 2.24. The van der Waals surface area contributed by atoms with Gasteiger partial charge in [-0.1, -0.05) is 0 Å². The largest absolute Gasteiger partial charge is 0.508 e. The van der Waals surface area contributed by atoms with Crippen molar-refractivity contribution in [2.24, 2.45) is 0 Å². The molecule has 0 unspecified atom stereocenters. The number of carbonyl (C=O) groups is 2. The van der Waals surface area contributed by atoms with Crippen molar-refractivity contribution >= 4 is 11.8 Å². The van der Waals surface area contributed by atoms with Crippen molar-refractivity contribution in [3.8, 4) is 17.2 Å². The zero-order valence-corrected chi connectivity index (χ0v) is 15.8. The molecule has 0 saturated carbocycles. The monoisotopic (exact) mass is 384 g/mol. The lowest BCUT2D eigenvalue weighted by Gasteiger charge is -2.22. The number of phenolic OH excluding ortho intramolecular Hbond substituents is 2. The van der Waals surface area contributed by atoms with Gasteiger partial charge in [0.25, 0.3) is 11.8 Å². The minimum atomic E-state index is -0.276.